The summed E-state index contributed by atoms with van der Waals surface area (Å²) in [6, 6.07) is -0.450. The van der Waals surface area contributed by atoms with Crippen molar-refractivity contribution >= 4 is 11.3 Å². The Labute approximate surface area is 113 Å². The number of rotatable bonds is 3. The molecule has 7 heteroatoms. The van der Waals surface area contributed by atoms with Gasteiger partial charge in [-0.25, -0.2) is 0 Å². The summed E-state index contributed by atoms with van der Waals surface area (Å²) >= 11 is 1.61. The summed E-state index contributed by atoms with van der Waals surface area (Å²) in [7, 11) is 1.84. The molecule has 0 aromatic carbocycles. The standard InChI is InChI=1S/C12H13N5OS/c1-7-5-19-6-9(7)11-15-12(18-16-11)10(13)8-3-14-17(2)4-8/h3-6,10H,13H2,1-2H3. The number of aryl methyl sites for hydroxylation is 2. The predicted octanol–water partition coefficient (Wildman–Crippen LogP) is 1.89. The lowest BCUT2D eigenvalue weighted by Crippen LogP contribution is -2.11. The van der Waals surface area contributed by atoms with Gasteiger partial charge in [0.2, 0.25) is 11.7 Å². The van der Waals surface area contributed by atoms with E-state index in [-0.39, 0.29) is 0 Å². The molecule has 0 fully saturated rings. The largest absolute Gasteiger partial charge is 0.337 e. The lowest BCUT2D eigenvalue weighted by atomic mass is 10.2. The lowest BCUT2D eigenvalue weighted by molar-refractivity contribution is 0.367. The smallest absolute Gasteiger partial charge is 0.248 e. The van der Waals surface area contributed by atoms with E-state index in [1.54, 1.807) is 22.2 Å². The summed E-state index contributed by atoms with van der Waals surface area (Å²) in [5.74, 6) is 0.974. The van der Waals surface area contributed by atoms with Crippen molar-refractivity contribution in [1.82, 2.24) is 19.9 Å². The maximum atomic E-state index is 6.09. The van der Waals surface area contributed by atoms with Crippen molar-refractivity contribution in [3.63, 3.8) is 0 Å². The molecule has 3 aromatic heterocycles. The summed E-state index contributed by atoms with van der Waals surface area (Å²) < 4.78 is 6.94. The van der Waals surface area contributed by atoms with Gasteiger partial charge in [-0.3, -0.25) is 4.68 Å². The van der Waals surface area contributed by atoms with Gasteiger partial charge in [0.05, 0.1) is 6.20 Å². The van der Waals surface area contributed by atoms with Gasteiger partial charge in [0, 0.05) is 29.8 Å². The second kappa shape index (κ2) is 4.60. The van der Waals surface area contributed by atoms with Crippen LogP contribution in [0.1, 0.15) is 23.1 Å². The zero-order chi connectivity index (χ0) is 13.4. The molecule has 98 valence electrons. The van der Waals surface area contributed by atoms with Crippen LogP contribution in [0.2, 0.25) is 0 Å². The van der Waals surface area contributed by atoms with Crippen LogP contribution in [0.25, 0.3) is 11.4 Å². The highest BCUT2D eigenvalue weighted by Crippen LogP contribution is 2.26. The van der Waals surface area contributed by atoms with E-state index in [0.717, 1.165) is 16.7 Å². The fourth-order valence-corrected chi connectivity index (χ4v) is 2.63. The van der Waals surface area contributed by atoms with Gasteiger partial charge in [-0.2, -0.15) is 21.4 Å². The quantitative estimate of drug-likeness (QED) is 0.789. The van der Waals surface area contributed by atoms with Crippen molar-refractivity contribution in [1.29, 1.82) is 0 Å². The zero-order valence-corrected chi connectivity index (χ0v) is 11.4. The van der Waals surface area contributed by atoms with Crippen LogP contribution in [0, 0.1) is 6.92 Å². The number of thiophene rings is 1. The van der Waals surface area contributed by atoms with E-state index < -0.39 is 6.04 Å². The van der Waals surface area contributed by atoms with E-state index in [1.165, 1.54) is 0 Å². The summed E-state index contributed by atoms with van der Waals surface area (Å²) in [6.45, 7) is 2.02. The molecule has 1 unspecified atom stereocenters. The molecule has 3 heterocycles. The minimum absolute atomic E-state index is 0.397. The highest BCUT2D eigenvalue weighted by Gasteiger charge is 2.19. The molecule has 0 aliphatic carbocycles. The van der Waals surface area contributed by atoms with Crippen molar-refractivity contribution in [2.45, 2.75) is 13.0 Å². The Morgan fingerprint density at radius 2 is 2.26 bits per heavy atom. The van der Waals surface area contributed by atoms with Crippen LogP contribution in [0.4, 0.5) is 0 Å². The molecule has 0 saturated heterocycles. The van der Waals surface area contributed by atoms with Crippen LogP contribution in [-0.4, -0.2) is 19.9 Å². The molecule has 0 amide bonds. The Morgan fingerprint density at radius 1 is 1.42 bits per heavy atom. The molecule has 3 rings (SSSR count). The highest BCUT2D eigenvalue weighted by atomic mass is 32.1. The maximum Gasteiger partial charge on any atom is 0.248 e. The number of nitrogens with two attached hydrogens (primary N) is 1. The average molecular weight is 275 g/mol. The molecule has 0 aliphatic rings. The number of hydrogen-bond acceptors (Lipinski definition) is 6. The molecule has 1 atom stereocenters. The van der Waals surface area contributed by atoms with Gasteiger partial charge in [-0.05, 0) is 17.9 Å². The van der Waals surface area contributed by atoms with Gasteiger partial charge in [-0.1, -0.05) is 5.16 Å². The first-order chi connectivity index (χ1) is 9.15. The molecule has 19 heavy (non-hydrogen) atoms. The first-order valence-corrected chi connectivity index (χ1v) is 6.70. The summed E-state index contributed by atoms with van der Waals surface area (Å²) in [4.78, 5) is 4.37. The third kappa shape index (κ3) is 2.18. The summed E-state index contributed by atoms with van der Waals surface area (Å²) in [5.41, 5.74) is 9.05. The van der Waals surface area contributed by atoms with Gasteiger partial charge in [0.25, 0.3) is 0 Å². The Morgan fingerprint density at radius 3 is 2.89 bits per heavy atom. The third-order valence-electron chi connectivity index (χ3n) is 2.89. The van der Waals surface area contributed by atoms with Gasteiger partial charge >= 0.3 is 0 Å². The Bertz CT molecular complexity index is 698. The summed E-state index contributed by atoms with van der Waals surface area (Å²) in [6.07, 6.45) is 3.54. The number of aromatic nitrogens is 4. The first kappa shape index (κ1) is 12.1. The minimum atomic E-state index is -0.450. The SMILES string of the molecule is Cc1cscc1-c1noc(C(N)c2cnn(C)c2)n1. The normalized spacial score (nSPS) is 12.8. The van der Waals surface area contributed by atoms with Crippen LogP contribution >= 0.6 is 11.3 Å². The van der Waals surface area contributed by atoms with E-state index in [9.17, 15) is 0 Å². The van der Waals surface area contributed by atoms with Crippen LogP contribution in [0.5, 0.6) is 0 Å². The minimum Gasteiger partial charge on any atom is -0.337 e. The topological polar surface area (TPSA) is 82.8 Å². The fourth-order valence-electron chi connectivity index (χ4n) is 1.80. The number of hydrogen-bond donors (Lipinski definition) is 1. The van der Waals surface area contributed by atoms with Crippen LogP contribution in [-0.2, 0) is 7.05 Å². The first-order valence-electron chi connectivity index (χ1n) is 5.76. The zero-order valence-electron chi connectivity index (χ0n) is 10.6. The van der Waals surface area contributed by atoms with Crippen molar-refractivity contribution in [3.05, 3.63) is 40.2 Å². The second-order valence-corrected chi connectivity index (χ2v) is 5.09. The monoisotopic (exact) mass is 275 g/mol. The number of nitrogens with zero attached hydrogens (tertiary/aromatic N) is 4. The average Bonchev–Trinajstić information content (AvgIpc) is 3.08. The second-order valence-electron chi connectivity index (χ2n) is 4.35. The molecule has 0 saturated carbocycles. The Balaban J connectivity index is 1.91. The molecular formula is C12H13N5OS. The molecule has 3 aromatic rings. The van der Waals surface area contributed by atoms with E-state index in [0.29, 0.717) is 11.7 Å². The van der Waals surface area contributed by atoms with Gasteiger partial charge < -0.3 is 10.3 Å². The van der Waals surface area contributed by atoms with E-state index in [2.05, 4.69) is 15.2 Å². The van der Waals surface area contributed by atoms with Crippen LogP contribution in [0.3, 0.4) is 0 Å². The predicted molar refractivity (Wildman–Crippen MR) is 71.6 cm³/mol. The summed E-state index contributed by atoms with van der Waals surface area (Å²) in [5, 5.41) is 12.1. The van der Waals surface area contributed by atoms with Crippen molar-refractivity contribution in [2.24, 2.45) is 12.8 Å². The molecule has 0 bridgehead atoms. The van der Waals surface area contributed by atoms with Gasteiger partial charge in [0.1, 0.15) is 6.04 Å². The van der Waals surface area contributed by atoms with Gasteiger partial charge in [-0.15, -0.1) is 0 Å². The maximum absolute atomic E-state index is 6.09. The van der Waals surface area contributed by atoms with Crippen LogP contribution < -0.4 is 5.73 Å². The molecular weight excluding hydrogens is 262 g/mol. The van der Waals surface area contributed by atoms with Crippen molar-refractivity contribution in [3.8, 4) is 11.4 Å². The molecule has 0 aliphatic heterocycles. The lowest BCUT2D eigenvalue weighted by Gasteiger charge is -2.01. The van der Waals surface area contributed by atoms with Gasteiger partial charge in [0.15, 0.2) is 0 Å². The van der Waals surface area contributed by atoms with Crippen molar-refractivity contribution in [2.75, 3.05) is 0 Å². The highest BCUT2D eigenvalue weighted by molar-refractivity contribution is 7.08. The fraction of sp³-hybridized carbons (Fsp3) is 0.250. The van der Waals surface area contributed by atoms with E-state index in [4.69, 9.17) is 10.3 Å². The third-order valence-corrected chi connectivity index (χ3v) is 3.75. The molecule has 6 nitrogen and oxygen atoms in total. The van der Waals surface area contributed by atoms with E-state index >= 15 is 0 Å². The van der Waals surface area contributed by atoms with Crippen LogP contribution in [0.15, 0.2) is 27.7 Å². The van der Waals surface area contributed by atoms with E-state index in [1.807, 2.05) is 30.9 Å². The Hall–Kier alpha value is -1.99. The van der Waals surface area contributed by atoms with Crippen molar-refractivity contribution < 1.29 is 4.52 Å². The Kier molecular flexibility index (Phi) is 2.92. The molecule has 2 N–H and O–H groups in total. The molecule has 0 radical (unpaired) electrons. The molecule has 0 spiro atoms.